The van der Waals surface area contributed by atoms with E-state index in [2.05, 4.69) is 24.8 Å². The van der Waals surface area contributed by atoms with Gasteiger partial charge in [-0.3, -0.25) is 19.9 Å². The third-order valence-electron chi connectivity index (χ3n) is 5.72. The molecule has 1 aliphatic rings. The molecule has 0 radical (unpaired) electrons. The maximum absolute atomic E-state index is 13.4. The number of piperazine rings is 1. The average molecular weight is 446 g/mol. The molecule has 3 aromatic rings. The molecule has 2 N–H and O–H groups in total. The fourth-order valence-corrected chi connectivity index (χ4v) is 3.92. The van der Waals surface area contributed by atoms with Gasteiger partial charge < -0.3 is 10.6 Å². The summed E-state index contributed by atoms with van der Waals surface area (Å²) in [5, 5.41) is 0. The van der Waals surface area contributed by atoms with Crippen molar-refractivity contribution in [3.8, 4) is 11.3 Å². The zero-order chi connectivity index (χ0) is 23.2. The zero-order valence-corrected chi connectivity index (χ0v) is 18.9. The standard InChI is InChI=1S/C25H28FN7/c1-18(27)23(19(2)31-22-7-9-28-10-8-22)17-32-13-15-33(16-14-32)25-24(29-11-12-30-25)20-3-5-21(26)6-4-20/h3-12H,13-17,27H2,1-2H3. The summed E-state index contributed by atoms with van der Waals surface area (Å²) in [5.74, 6) is 0.560. The van der Waals surface area contributed by atoms with Gasteiger partial charge in [0.2, 0.25) is 0 Å². The van der Waals surface area contributed by atoms with Crippen LogP contribution in [0.3, 0.4) is 0 Å². The molecule has 170 valence electrons. The molecule has 0 aliphatic carbocycles. The Bertz CT molecular complexity index is 1130. The van der Waals surface area contributed by atoms with Gasteiger partial charge in [0.15, 0.2) is 5.82 Å². The maximum Gasteiger partial charge on any atom is 0.155 e. The topological polar surface area (TPSA) is 83.5 Å². The molecule has 0 atom stereocenters. The number of pyridine rings is 1. The van der Waals surface area contributed by atoms with Crippen LogP contribution >= 0.6 is 0 Å². The van der Waals surface area contributed by atoms with Gasteiger partial charge >= 0.3 is 0 Å². The lowest BCUT2D eigenvalue weighted by atomic mass is 10.1. The van der Waals surface area contributed by atoms with Crippen LogP contribution in [0.1, 0.15) is 13.8 Å². The van der Waals surface area contributed by atoms with Crippen molar-refractivity contribution in [2.45, 2.75) is 13.8 Å². The summed E-state index contributed by atoms with van der Waals surface area (Å²) in [7, 11) is 0. The first kappa shape index (κ1) is 22.5. The third-order valence-corrected chi connectivity index (χ3v) is 5.72. The van der Waals surface area contributed by atoms with Gasteiger partial charge in [-0.25, -0.2) is 9.37 Å². The van der Waals surface area contributed by atoms with Crippen LogP contribution in [-0.4, -0.2) is 58.3 Å². The molecule has 1 saturated heterocycles. The molecule has 1 aliphatic heterocycles. The van der Waals surface area contributed by atoms with Crippen molar-refractivity contribution in [2.24, 2.45) is 10.7 Å². The largest absolute Gasteiger partial charge is 0.402 e. The van der Waals surface area contributed by atoms with Gasteiger partial charge in [0.1, 0.15) is 11.5 Å². The molecule has 1 fully saturated rings. The van der Waals surface area contributed by atoms with Crippen molar-refractivity contribution < 1.29 is 4.39 Å². The van der Waals surface area contributed by atoms with Crippen LogP contribution in [0.2, 0.25) is 0 Å². The molecule has 8 heteroatoms. The Morgan fingerprint density at radius 1 is 0.939 bits per heavy atom. The highest BCUT2D eigenvalue weighted by atomic mass is 19.1. The van der Waals surface area contributed by atoms with E-state index in [1.807, 2.05) is 26.0 Å². The molecule has 7 nitrogen and oxygen atoms in total. The van der Waals surface area contributed by atoms with Crippen LogP contribution < -0.4 is 10.6 Å². The number of aromatic nitrogens is 3. The van der Waals surface area contributed by atoms with Gasteiger partial charge in [0.25, 0.3) is 0 Å². The van der Waals surface area contributed by atoms with Gasteiger partial charge in [-0.1, -0.05) is 0 Å². The molecule has 0 bridgehead atoms. The Hall–Kier alpha value is -3.65. The van der Waals surface area contributed by atoms with Crippen molar-refractivity contribution in [2.75, 3.05) is 37.6 Å². The van der Waals surface area contributed by atoms with Crippen molar-refractivity contribution in [3.05, 3.63) is 78.3 Å². The predicted molar refractivity (Wildman–Crippen MR) is 130 cm³/mol. The van der Waals surface area contributed by atoms with Gasteiger partial charge in [0, 0.05) is 80.1 Å². The smallest absolute Gasteiger partial charge is 0.155 e. The Morgan fingerprint density at radius 2 is 1.61 bits per heavy atom. The summed E-state index contributed by atoms with van der Waals surface area (Å²) in [6, 6.07) is 10.1. The van der Waals surface area contributed by atoms with E-state index in [1.165, 1.54) is 12.1 Å². The van der Waals surface area contributed by atoms with E-state index >= 15 is 0 Å². The summed E-state index contributed by atoms with van der Waals surface area (Å²) in [5.41, 5.74) is 11.5. The molecule has 33 heavy (non-hydrogen) atoms. The summed E-state index contributed by atoms with van der Waals surface area (Å²) >= 11 is 0. The summed E-state index contributed by atoms with van der Waals surface area (Å²) in [4.78, 5) is 22.5. The molecule has 3 heterocycles. The Balaban J connectivity index is 1.45. The fraction of sp³-hybridized carbons (Fsp3) is 0.280. The highest BCUT2D eigenvalue weighted by Crippen LogP contribution is 2.27. The summed E-state index contributed by atoms with van der Waals surface area (Å²) in [6.45, 7) is 8.00. The third kappa shape index (κ3) is 5.59. The van der Waals surface area contributed by atoms with Crippen molar-refractivity contribution in [1.29, 1.82) is 0 Å². The number of nitrogens with two attached hydrogens (primary N) is 1. The predicted octanol–water partition coefficient (Wildman–Crippen LogP) is 3.83. The van der Waals surface area contributed by atoms with Gasteiger partial charge in [-0.05, 0) is 50.2 Å². The second kappa shape index (κ2) is 10.3. The second-order valence-electron chi connectivity index (χ2n) is 8.06. The first-order chi connectivity index (χ1) is 16.0. The molecular formula is C25H28FN7. The highest BCUT2D eigenvalue weighted by Gasteiger charge is 2.23. The van der Waals surface area contributed by atoms with Crippen molar-refractivity contribution in [3.63, 3.8) is 0 Å². The number of aliphatic imine (C=N–C) groups is 1. The number of hydrogen-bond donors (Lipinski definition) is 1. The van der Waals surface area contributed by atoms with Crippen molar-refractivity contribution in [1.82, 2.24) is 19.9 Å². The van der Waals surface area contributed by atoms with Crippen LogP contribution in [-0.2, 0) is 0 Å². The van der Waals surface area contributed by atoms with E-state index in [-0.39, 0.29) is 5.82 Å². The number of allylic oxidation sites excluding steroid dienone is 1. The quantitative estimate of drug-likeness (QED) is 0.581. The van der Waals surface area contributed by atoms with Crippen LogP contribution in [0, 0.1) is 5.82 Å². The number of anilines is 1. The normalized spacial score (nSPS) is 16.0. The molecule has 0 saturated carbocycles. The van der Waals surface area contributed by atoms with E-state index in [0.717, 1.165) is 72.5 Å². The van der Waals surface area contributed by atoms with Gasteiger partial charge in [0.05, 0.1) is 5.69 Å². The molecule has 2 aromatic heterocycles. The average Bonchev–Trinajstić information content (AvgIpc) is 2.84. The number of rotatable bonds is 6. The number of benzene rings is 1. The molecule has 1 aromatic carbocycles. The fourth-order valence-electron chi connectivity index (χ4n) is 3.92. The Labute approximate surface area is 193 Å². The van der Waals surface area contributed by atoms with E-state index in [4.69, 9.17) is 10.7 Å². The van der Waals surface area contributed by atoms with Crippen LogP contribution in [0.25, 0.3) is 11.3 Å². The van der Waals surface area contributed by atoms with Crippen LogP contribution in [0.5, 0.6) is 0 Å². The minimum atomic E-state index is -0.264. The first-order valence-electron chi connectivity index (χ1n) is 11.0. The van der Waals surface area contributed by atoms with E-state index in [9.17, 15) is 4.39 Å². The lowest BCUT2D eigenvalue weighted by Crippen LogP contribution is -2.48. The Morgan fingerprint density at radius 3 is 2.27 bits per heavy atom. The monoisotopic (exact) mass is 445 g/mol. The number of hydrogen-bond acceptors (Lipinski definition) is 7. The molecule has 0 unspecified atom stereocenters. The second-order valence-corrected chi connectivity index (χ2v) is 8.06. The SMILES string of the molecule is CC(=Nc1ccncc1)C(CN1CCN(c2nccnc2-c2ccc(F)cc2)CC1)=C(C)N. The molecule has 0 amide bonds. The van der Waals surface area contributed by atoms with Crippen LogP contribution in [0.15, 0.2) is 77.4 Å². The lowest BCUT2D eigenvalue weighted by Gasteiger charge is -2.36. The zero-order valence-electron chi connectivity index (χ0n) is 18.9. The molecule has 4 rings (SSSR count). The summed E-state index contributed by atoms with van der Waals surface area (Å²) < 4.78 is 13.4. The van der Waals surface area contributed by atoms with Gasteiger partial charge in [-0.2, -0.15) is 0 Å². The van der Waals surface area contributed by atoms with Gasteiger partial charge in [-0.15, -0.1) is 0 Å². The number of nitrogens with zero attached hydrogens (tertiary/aromatic N) is 6. The summed E-state index contributed by atoms with van der Waals surface area (Å²) in [6.07, 6.45) is 6.84. The van der Waals surface area contributed by atoms with E-state index < -0.39 is 0 Å². The highest BCUT2D eigenvalue weighted by molar-refractivity contribution is 6.00. The molecular weight excluding hydrogens is 417 g/mol. The van der Waals surface area contributed by atoms with Crippen molar-refractivity contribution >= 4 is 17.2 Å². The van der Waals surface area contributed by atoms with E-state index in [1.54, 1.807) is 36.9 Å². The minimum absolute atomic E-state index is 0.264. The maximum atomic E-state index is 13.4. The lowest BCUT2D eigenvalue weighted by molar-refractivity contribution is 0.280. The number of halogens is 1. The molecule has 0 spiro atoms. The van der Waals surface area contributed by atoms with Crippen LogP contribution in [0.4, 0.5) is 15.9 Å². The van der Waals surface area contributed by atoms with E-state index in [0.29, 0.717) is 0 Å². The Kier molecular flexibility index (Phi) is 7.04. The first-order valence-corrected chi connectivity index (χ1v) is 11.0. The minimum Gasteiger partial charge on any atom is -0.402 e.